The van der Waals surface area contributed by atoms with Gasteiger partial charge in [-0.05, 0) is 63.8 Å². The molecule has 33 heavy (non-hydrogen) atoms. The van der Waals surface area contributed by atoms with Crippen LogP contribution < -0.4 is 25.2 Å². The Labute approximate surface area is 192 Å². The molecule has 1 aliphatic heterocycles. The molecule has 3 aromatic rings. The molecule has 0 aliphatic carbocycles. The van der Waals surface area contributed by atoms with E-state index in [-0.39, 0.29) is 23.7 Å². The van der Waals surface area contributed by atoms with Crippen molar-refractivity contribution in [1.82, 2.24) is 5.32 Å². The quantitative estimate of drug-likeness (QED) is 0.565. The van der Waals surface area contributed by atoms with Crippen LogP contribution in [-0.4, -0.2) is 25.2 Å². The first-order valence-electron chi connectivity index (χ1n) is 11.0. The zero-order chi connectivity index (χ0) is 23.8. The summed E-state index contributed by atoms with van der Waals surface area (Å²) >= 11 is 0. The van der Waals surface area contributed by atoms with Gasteiger partial charge < -0.3 is 23.9 Å². The monoisotopic (exact) mass is 451 g/mol. The molecule has 0 spiro atoms. The molecule has 1 aliphatic rings. The predicted octanol–water partition coefficient (Wildman–Crippen LogP) is 4.22. The minimum Gasteiger partial charge on any atom is -0.497 e. The fraction of sp³-hybridized carbons (Fsp3) is 0.385. The summed E-state index contributed by atoms with van der Waals surface area (Å²) in [6.45, 7) is 7.83. The number of hydrogen-bond acceptors (Lipinski definition) is 6. The van der Waals surface area contributed by atoms with E-state index in [0.717, 1.165) is 35.3 Å². The van der Waals surface area contributed by atoms with E-state index in [9.17, 15) is 9.59 Å². The minimum atomic E-state index is -0.374. The maximum Gasteiger partial charge on any atom is 0.339 e. The van der Waals surface area contributed by atoms with Crippen LogP contribution >= 0.6 is 0 Å². The number of aryl methyl sites for hydroxylation is 2. The van der Waals surface area contributed by atoms with Gasteiger partial charge in [-0.2, -0.15) is 0 Å². The Morgan fingerprint density at radius 2 is 1.88 bits per heavy atom. The molecule has 174 valence electrons. The number of hydrogen-bond donors (Lipinski definition) is 1. The van der Waals surface area contributed by atoms with E-state index < -0.39 is 0 Å². The van der Waals surface area contributed by atoms with Gasteiger partial charge in [-0.15, -0.1) is 0 Å². The van der Waals surface area contributed by atoms with Crippen LogP contribution in [0.15, 0.2) is 39.5 Å². The Kier molecular flexibility index (Phi) is 6.06. The average molecular weight is 452 g/mol. The van der Waals surface area contributed by atoms with Crippen LogP contribution in [-0.2, 0) is 17.8 Å². The first-order valence-corrected chi connectivity index (χ1v) is 11.0. The Balaban J connectivity index is 1.58. The average Bonchev–Trinajstić information content (AvgIpc) is 2.79. The van der Waals surface area contributed by atoms with Crippen molar-refractivity contribution in [1.29, 1.82) is 0 Å². The highest BCUT2D eigenvalue weighted by molar-refractivity contribution is 5.92. The molecule has 0 unspecified atom stereocenters. The van der Waals surface area contributed by atoms with Gasteiger partial charge in [-0.1, -0.05) is 12.1 Å². The van der Waals surface area contributed by atoms with Crippen molar-refractivity contribution in [2.45, 2.75) is 52.7 Å². The molecule has 2 heterocycles. The summed E-state index contributed by atoms with van der Waals surface area (Å²) in [6.07, 6.45) is 1.53. The van der Waals surface area contributed by atoms with E-state index in [2.05, 4.69) is 5.32 Å². The molecule has 0 saturated heterocycles. The number of nitrogens with one attached hydrogen (secondary N) is 1. The van der Waals surface area contributed by atoms with Crippen LogP contribution in [0.3, 0.4) is 0 Å². The van der Waals surface area contributed by atoms with Gasteiger partial charge in [0.2, 0.25) is 0 Å². The maximum absolute atomic E-state index is 12.5. The molecule has 0 atom stereocenters. The van der Waals surface area contributed by atoms with E-state index >= 15 is 0 Å². The largest absolute Gasteiger partial charge is 0.497 e. The lowest BCUT2D eigenvalue weighted by Gasteiger charge is -2.33. The van der Waals surface area contributed by atoms with Crippen molar-refractivity contribution in [3.8, 4) is 17.2 Å². The van der Waals surface area contributed by atoms with Gasteiger partial charge in [0.05, 0.1) is 12.5 Å². The molecular weight excluding hydrogens is 422 g/mol. The van der Waals surface area contributed by atoms with Gasteiger partial charge in [0.1, 0.15) is 28.4 Å². The predicted molar refractivity (Wildman–Crippen MR) is 125 cm³/mol. The summed E-state index contributed by atoms with van der Waals surface area (Å²) < 4.78 is 22.9. The topological polar surface area (TPSA) is 87.0 Å². The summed E-state index contributed by atoms with van der Waals surface area (Å²) in [5.74, 6) is 1.59. The summed E-state index contributed by atoms with van der Waals surface area (Å²) in [4.78, 5) is 24.9. The van der Waals surface area contributed by atoms with Gasteiger partial charge in [0, 0.05) is 23.7 Å². The lowest BCUT2D eigenvalue weighted by molar-refractivity contribution is -0.123. The van der Waals surface area contributed by atoms with Crippen molar-refractivity contribution in [3.05, 3.63) is 63.0 Å². The van der Waals surface area contributed by atoms with Crippen molar-refractivity contribution in [2.75, 3.05) is 13.7 Å². The second-order valence-corrected chi connectivity index (χ2v) is 8.97. The van der Waals surface area contributed by atoms with Gasteiger partial charge in [-0.3, -0.25) is 4.79 Å². The number of ether oxygens (including phenoxy) is 3. The van der Waals surface area contributed by atoms with E-state index in [1.807, 2.05) is 51.1 Å². The molecule has 1 aromatic heterocycles. The molecule has 0 bridgehead atoms. The highest BCUT2D eigenvalue weighted by Crippen LogP contribution is 2.43. The normalized spacial score (nSPS) is 14.3. The van der Waals surface area contributed by atoms with Gasteiger partial charge >= 0.3 is 5.63 Å². The van der Waals surface area contributed by atoms with Crippen LogP contribution in [0.5, 0.6) is 17.2 Å². The number of rotatable bonds is 6. The molecule has 0 saturated carbocycles. The molecule has 7 nitrogen and oxygen atoms in total. The number of carbonyl (C=O) groups is 1. The first kappa shape index (κ1) is 22.7. The Morgan fingerprint density at radius 3 is 2.58 bits per heavy atom. The van der Waals surface area contributed by atoms with Crippen LogP contribution in [0.2, 0.25) is 0 Å². The fourth-order valence-electron chi connectivity index (χ4n) is 3.99. The number of methoxy groups -OCH3 is 1. The maximum atomic E-state index is 12.5. The Hall–Kier alpha value is -3.48. The number of carbonyl (C=O) groups excluding carboxylic acids is 1. The van der Waals surface area contributed by atoms with Gasteiger partial charge in [0.15, 0.2) is 6.61 Å². The summed E-state index contributed by atoms with van der Waals surface area (Å²) in [6, 6.07) is 9.28. The van der Waals surface area contributed by atoms with Crippen LogP contribution in [0.25, 0.3) is 11.0 Å². The smallest absolute Gasteiger partial charge is 0.339 e. The van der Waals surface area contributed by atoms with Crippen molar-refractivity contribution in [2.24, 2.45) is 0 Å². The van der Waals surface area contributed by atoms with Crippen molar-refractivity contribution in [3.63, 3.8) is 0 Å². The van der Waals surface area contributed by atoms with E-state index in [1.54, 1.807) is 14.0 Å². The van der Waals surface area contributed by atoms with Gasteiger partial charge in [-0.25, -0.2) is 4.79 Å². The zero-order valence-corrected chi connectivity index (χ0v) is 19.7. The molecule has 1 amide bonds. The minimum absolute atomic E-state index is 0.176. The molecule has 0 radical (unpaired) electrons. The van der Waals surface area contributed by atoms with Gasteiger partial charge in [0.25, 0.3) is 5.91 Å². The van der Waals surface area contributed by atoms with E-state index in [1.165, 1.54) is 0 Å². The standard InChI is InChI=1S/C26H29NO6/c1-15-16(2)25(29)32-24-19-10-11-26(3,4)33-20(19)12-21(23(15)24)31-14-22(28)27-13-17-6-8-18(30-5)9-7-17/h6-9,12H,10-11,13-14H2,1-5H3,(H,27,28). The van der Waals surface area contributed by atoms with Crippen molar-refractivity contribution < 1.29 is 23.4 Å². The fourth-order valence-corrected chi connectivity index (χ4v) is 3.99. The molecule has 2 aromatic carbocycles. The van der Waals surface area contributed by atoms with Crippen molar-refractivity contribution >= 4 is 16.9 Å². The number of benzene rings is 2. The van der Waals surface area contributed by atoms with E-state index in [0.29, 0.717) is 34.6 Å². The van der Waals surface area contributed by atoms with Crippen LogP contribution in [0, 0.1) is 13.8 Å². The third-order valence-electron chi connectivity index (χ3n) is 6.12. The second-order valence-electron chi connectivity index (χ2n) is 8.97. The lowest BCUT2D eigenvalue weighted by Crippen LogP contribution is -2.33. The first-order chi connectivity index (χ1) is 15.7. The third-order valence-corrected chi connectivity index (χ3v) is 6.12. The lowest BCUT2D eigenvalue weighted by atomic mass is 9.92. The zero-order valence-electron chi connectivity index (χ0n) is 19.7. The molecule has 4 rings (SSSR count). The van der Waals surface area contributed by atoms with Crippen LogP contribution in [0.1, 0.15) is 42.5 Å². The Morgan fingerprint density at radius 1 is 1.15 bits per heavy atom. The number of fused-ring (bicyclic) bond motifs is 3. The summed E-state index contributed by atoms with van der Waals surface area (Å²) in [5.41, 5.74) is 2.88. The summed E-state index contributed by atoms with van der Waals surface area (Å²) in [7, 11) is 1.61. The highest BCUT2D eigenvalue weighted by atomic mass is 16.5. The Bertz CT molecular complexity index is 1260. The molecular formula is C26H29NO6. The van der Waals surface area contributed by atoms with Crippen LogP contribution in [0.4, 0.5) is 0 Å². The van der Waals surface area contributed by atoms with E-state index in [4.69, 9.17) is 18.6 Å². The molecule has 0 fully saturated rings. The number of amides is 1. The molecule has 7 heteroatoms. The highest BCUT2D eigenvalue weighted by Gasteiger charge is 2.31. The summed E-state index contributed by atoms with van der Waals surface area (Å²) in [5, 5.41) is 3.56. The SMILES string of the molecule is COc1ccc(CNC(=O)COc2cc3c(c4oc(=O)c(C)c(C)c24)CCC(C)(C)O3)cc1. The molecule has 1 N–H and O–H groups in total. The third kappa shape index (κ3) is 4.67. The second kappa shape index (κ2) is 8.81.